The smallest absolute Gasteiger partial charge is 0.163 e. The number of aromatic nitrogens is 2. The van der Waals surface area contributed by atoms with Crippen molar-refractivity contribution in [2.24, 2.45) is 0 Å². The van der Waals surface area contributed by atoms with Crippen LogP contribution in [0, 0.1) is 6.92 Å². The Kier molecular flexibility index (Phi) is 3.42. The first-order chi connectivity index (χ1) is 7.23. The summed E-state index contributed by atoms with van der Waals surface area (Å²) >= 11 is 0. The van der Waals surface area contributed by atoms with Crippen molar-refractivity contribution in [1.82, 2.24) is 9.97 Å². The van der Waals surface area contributed by atoms with Gasteiger partial charge in [0.25, 0.3) is 0 Å². The number of carbonyl (C=O) groups is 1. The van der Waals surface area contributed by atoms with Gasteiger partial charge in [-0.1, -0.05) is 0 Å². The molecule has 0 fully saturated rings. The number of carbonyl (C=O) groups excluding carboxylic acids is 1. The van der Waals surface area contributed by atoms with E-state index in [1.807, 2.05) is 0 Å². The average molecular weight is 242 g/mol. The highest BCUT2D eigenvalue weighted by atomic mass is 32.2. The van der Waals surface area contributed by atoms with Gasteiger partial charge in [-0.2, -0.15) is 0 Å². The Morgan fingerprint density at radius 3 is 2.38 bits per heavy atom. The summed E-state index contributed by atoms with van der Waals surface area (Å²) in [6.07, 6.45) is 2.51. The molecule has 0 radical (unpaired) electrons. The summed E-state index contributed by atoms with van der Waals surface area (Å²) in [6, 6.07) is 0. The van der Waals surface area contributed by atoms with Crippen molar-refractivity contribution in [1.29, 1.82) is 0 Å². The van der Waals surface area contributed by atoms with Gasteiger partial charge in [0.1, 0.15) is 11.1 Å². The second kappa shape index (κ2) is 4.29. The minimum atomic E-state index is -3.22. The number of rotatable bonds is 3. The van der Waals surface area contributed by atoms with Crippen LogP contribution in [0.1, 0.15) is 41.0 Å². The molecule has 16 heavy (non-hydrogen) atoms. The predicted octanol–water partition coefficient (Wildman–Crippen LogP) is 1.09. The monoisotopic (exact) mass is 242 g/mol. The van der Waals surface area contributed by atoms with Crippen molar-refractivity contribution in [3.05, 3.63) is 23.3 Å². The van der Waals surface area contributed by atoms with Crippen molar-refractivity contribution in [2.45, 2.75) is 26.0 Å². The van der Waals surface area contributed by atoms with Gasteiger partial charge in [0.2, 0.25) is 0 Å². The second-order valence-corrected chi connectivity index (χ2v) is 6.12. The Balaban J connectivity index is 3.21. The summed E-state index contributed by atoms with van der Waals surface area (Å²) in [5.74, 6) is 0.0982. The van der Waals surface area contributed by atoms with Gasteiger partial charge in [-0.05, 0) is 20.8 Å². The molecule has 1 aromatic heterocycles. The number of hydrogen-bond acceptors (Lipinski definition) is 5. The average Bonchev–Trinajstić information content (AvgIpc) is 2.14. The zero-order valence-corrected chi connectivity index (χ0v) is 10.5. The minimum absolute atomic E-state index is 0.129. The highest BCUT2D eigenvalue weighted by molar-refractivity contribution is 7.90. The van der Waals surface area contributed by atoms with Gasteiger partial charge >= 0.3 is 0 Å². The van der Waals surface area contributed by atoms with Crippen molar-refractivity contribution >= 4 is 15.6 Å². The van der Waals surface area contributed by atoms with Gasteiger partial charge in [0.05, 0.1) is 11.3 Å². The summed E-state index contributed by atoms with van der Waals surface area (Å²) in [5, 5.41) is -0.757. The molecule has 88 valence electrons. The van der Waals surface area contributed by atoms with Crippen LogP contribution in [0.25, 0.3) is 0 Å². The van der Waals surface area contributed by atoms with E-state index in [-0.39, 0.29) is 11.6 Å². The molecule has 0 bridgehead atoms. The molecule has 0 N–H and O–H groups in total. The lowest BCUT2D eigenvalue weighted by Gasteiger charge is -2.09. The van der Waals surface area contributed by atoms with E-state index in [0.29, 0.717) is 11.3 Å². The number of nitrogens with zero attached hydrogens (tertiary/aromatic N) is 2. The first-order valence-corrected chi connectivity index (χ1v) is 6.72. The summed E-state index contributed by atoms with van der Waals surface area (Å²) < 4.78 is 22.6. The van der Waals surface area contributed by atoms with Crippen LogP contribution in [0.4, 0.5) is 0 Å². The maximum Gasteiger partial charge on any atom is 0.163 e. The van der Waals surface area contributed by atoms with Crippen molar-refractivity contribution in [2.75, 3.05) is 6.26 Å². The molecule has 5 nitrogen and oxygen atoms in total. The fourth-order valence-corrected chi connectivity index (χ4v) is 1.71. The van der Waals surface area contributed by atoms with Gasteiger partial charge in [-0.15, -0.1) is 0 Å². The van der Waals surface area contributed by atoms with Gasteiger partial charge in [-0.3, -0.25) is 4.79 Å². The van der Waals surface area contributed by atoms with Gasteiger partial charge in [0.15, 0.2) is 15.6 Å². The molecule has 0 amide bonds. The molecular formula is C10H14N2O3S. The van der Waals surface area contributed by atoms with Gasteiger partial charge < -0.3 is 0 Å². The summed E-state index contributed by atoms with van der Waals surface area (Å²) in [6.45, 7) is 4.61. The van der Waals surface area contributed by atoms with E-state index in [4.69, 9.17) is 0 Å². The van der Waals surface area contributed by atoms with E-state index in [1.54, 1.807) is 6.92 Å². The van der Waals surface area contributed by atoms with Gasteiger partial charge in [-0.25, -0.2) is 18.4 Å². The number of aryl methyl sites for hydroxylation is 1. The molecule has 0 aliphatic carbocycles. The molecule has 0 saturated heterocycles. The third-order valence-corrected chi connectivity index (χ3v) is 3.88. The fraction of sp³-hybridized carbons (Fsp3) is 0.500. The standard InChI is InChI=1S/C10H14N2O3S/c1-6-9(7(2)13)5-11-10(12-6)8(3)16(4,14)15/h5,8H,1-4H3. The molecule has 0 saturated carbocycles. The molecular weight excluding hydrogens is 228 g/mol. The molecule has 0 aliphatic rings. The third-order valence-electron chi connectivity index (χ3n) is 2.38. The minimum Gasteiger partial charge on any atom is -0.294 e. The Hall–Kier alpha value is -1.30. The zero-order chi connectivity index (χ0) is 12.5. The van der Waals surface area contributed by atoms with Crippen LogP contribution in [0.2, 0.25) is 0 Å². The van der Waals surface area contributed by atoms with E-state index in [0.717, 1.165) is 6.26 Å². The summed E-state index contributed by atoms with van der Waals surface area (Å²) in [4.78, 5) is 19.1. The van der Waals surface area contributed by atoms with Crippen LogP contribution in [-0.4, -0.2) is 30.4 Å². The van der Waals surface area contributed by atoms with Crippen molar-refractivity contribution in [3.63, 3.8) is 0 Å². The van der Waals surface area contributed by atoms with E-state index in [2.05, 4.69) is 9.97 Å². The number of hydrogen-bond donors (Lipinski definition) is 0. The molecule has 1 heterocycles. The predicted molar refractivity (Wildman–Crippen MR) is 60.0 cm³/mol. The van der Waals surface area contributed by atoms with Crippen molar-refractivity contribution in [3.8, 4) is 0 Å². The molecule has 1 aromatic rings. The fourth-order valence-electron chi connectivity index (χ4n) is 1.22. The van der Waals surface area contributed by atoms with E-state index in [1.165, 1.54) is 20.0 Å². The van der Waals surface area contributed by atoms with Gasteiger partial charge in [0, 0.05) is 12.5 Å². The normalized spacial score (nSPS) is 13.5. The van der Waals surface area contributed by atoms with Crippen LogP contribution < -0.4 is 0 Å². The van der Waals surface area contributed by atoms with Crippen LogP contribution in [0.15, 0.2) is 6.20 Å². The van der Waals surface area contributed by atoms with Crippen LogP contribution in [-0.2, 0) is 9.84 Å². The molecule has 0 spiro atoms. The second-order valence-electron chi connectivity index (χ2n) is 3.76. The molecule has 1 atom stereocenters. The van der Waals surface area contributed by atoms with E-state index < -0.39 is 15.1 Å². The maximum atomic E-state index is 11.3. The number of ketones is 1. The molecule has 1 rings (SSSR count). The Labute approximate surface area is 94.8 Å². The van der Waals surface area contributed by atoms with E-state index >= 15 is 0 Å². The largest absolute Gasteiger partial charge is 0.294 e. The van der Waals surface area contributed by atoms with Crippen LogP contribution in [0.3, 0.4) is 0 Å². The SMILES string of the molecule is CC(=O)c1cnc(C(C)S(C)(=O)=O)nc1C. The number of sulfone groups is 1. The lowest BCUT2D eigenvalue weighted by atomic mass is 10.2. The first-order valence-electron chi connectivity index (χ1n) is 4.77. The topological polar surface area (TPSA) is 77.0 Å². The Morgan fingerprint density at radius 1 is 1.44 bits per heavy atom. The third kappa shape index (κ3) is 2.63. The quantitative estimate of drug-likeness (QED) is 0.741. The van der Waals surface area contributed by atoms with Crippen LogP contribution in [0.5, 0.6) is 0 Å². The lowest BCUT2D eigenvalue weighted by molar-refractivity contribution is 0.101. The summed E-state index contributed by atoms with van der Waals surface area (Å²) in [7, 11) is -3.22. The zero-order valence-electron chi connectivity index (χ0n) is 9.68. The first kappa shape index (κ1) is 12.8. The highest BCUT2D eigenvalue weighted by Gasteiger charge is 2.21. The number of Topliss-reactive ketones (excluding diaryl/α,β-unsaturated/α-hetero) is 1. The lowest BCUT2D eigenvalue weighted by Crippen LogP contribution is -2.13. The molecule has 1 unspecified atom stereocenters. The highest BCUT2D eigenvalue weighted by Crippen LogP contribution is 2.17. The van der Waals surface area contributed by atoms with E-state index in [9.17, 15) is 13.2 Å². The molecule has 0 aromatic carbocycles. The molecule has 6 heteroatoms. The van der Waals surface area contributed by atoms with Crippen LogP contribution >= 0.6 is 0 Å². The summed E-state index contributed by atoms with van der Waals surface area (Å²) in [5.41, 5.74) is 0.928. The Bertz CT molecular complexity index is 523. The molecule has 0 aliphatic heterocycles. The Morgan fingerprint density at radius 2 is 2.00 bits per heavy atom. The van der Waals surface area contributed by atoms with Crippen molar-refractivity contribution < 1.29 is 13.2 Å². The maximum absolute atomic E-state index is 11.3.